The number of aromatic nitrogens is 2. The molecule has 0 bridgehead atoms. The Kier molecular flexibility index (Phi) is 4.58. The second kappa shape index (κ2) is 6.96. The van der Waals surface area contributed by atoms with Crippen molar-refractivity contribution in [1.29, 1.82) is 0 Å². The van der Waals surface area contributed by atoms with E-state index in [9.17, 15) is 22.0 Å². The number of amides is 1. The van der Waals surface area contributed by atoms with Gasteiger partial charge in [-0.25, -0.2) is 22.2 Å². The lowest BCUT2D eigenvalue weighted by Crippen LogP contribution is -2.35. The molecule has 1 aliphatic heterocycles. The summed E-state index contributed by atoms with van der Waals surface area (Å²) in [6.45, 7) is 0.597. The Hall–Kier alpha value is -3.27. The number of carbonyl (C=O) groups excluding carboxylic acids is 1. The van der Waals surface area contributed by atoms with Crippen LogP contribution in [0.4, 0.5) is 20.3 Å². The molecule has 0 saturated carbocycles. The maximum Gasteiger partial charge on any atom is 0.271 e. The number of hydrogen-bond donors (Lipinski definition) is 2. The van der Waals surface area contributed by atoms with Gasteiger partial charge in [-0.2, -0.15) is 0 Å². The van der Waals surface area contributed by atoms with E-state index in [-0.39, 0.29) is 27.8 Å². The van der Waals surface area contributed by atoms with Crippen LogP contribution in [-0.2, 0) is 16.4 Å². The number of benzene rings is 2. The van der Waals surface area contributed by atoms with Crippen molar-refractivity contribution in [2.24, 2.45) is 0 Å². The van der Waals surface area contributed by atoms with Crippen LogP contribution < -0.4 is 10.6 Å². The van der Waals surface area contributed by atoms with E-state index in [0.29, 0.717) is 18.8 Å². The van der Waals surface area contributed by atoms with Gasteiger partial charge in [0.25, 0.3) is 5.91 Å². The van der Waals surface area contributed by atoms with Gasteiger partial charge in [0, 0.05) is 25.0 Å². The van der Waals surface area contributed by atoms with Gasteiger partial charge in [-0.3, -0.25) is 4.79 Å². The molecule has 2 aromatic carbocycles. The third-order valence-corrected chi connectivity index (χ3v) is 5.66. The first-order chi connectivity index (χ1) is 13.8. The maximum absolute atomic E-state index is 14.3. The summed E-state index contributed by atoms with van der Waals surface area (Å²) in [5, 5.41) is 5.62. The molecule has 0 atom stereocenters. The SMILES string of the molecule is CS(=O)(=O)c1ccc(Nc2nc(-c3c(F)cccc3F)n3c2C(=O)NCC3)cc1. The lowest BCUT2D eigenvalue weighted by atomic mass is 10.2. The summed E-state index contributed by atoms with van der Waals surface area (Å²) in [5.74, 6) is -1.88. The monoisotopic (exact) mass is 418 g/mol. The van der Waals surface area contributed by atoms with E-state index in [1.54, 1.807) is 0 Å². The average Bonchev–Trinajstić information content (AvgIpc) is 3.01. The predicted octanol–water partition coefficient (Wildman–Crippen LogP) is 2.72. The molecule has 0 spiro atoms. The number of nitrogens with zero attached hydrogens (tertiary/aromatic N) is 2. The van der Waals surface area contributed by atoms with Crippen molar-refractivity contribution in [3.63, 3.8) is 0 Å². The Bertz CT molecular complexity index is 1200. The Balaban J connectivity index is 1.80. The van der Waals surface area contributed by atoms with Crippen molar-refractivity contribution in [2.75, 3.05) is 18.1 Å². The number of imidazole rings is 1. The van der Waals surface area contributed by atoms with E-state index in [4.69, 9.17) is 0 Å². The minimum Gasteiger partial charge on any atom is -0.349 e. The first-order valence-corrected chi connectivity index (χ1v) is 10.5. The normalized spacial score (nSPS) is 13.7. The molecule has 0 aliphatic carbocycles. The van der Waals surface area contributed by atoms with Crippen molar-refractivity contribution in [1.82, 2.24) is 14.9 Å². The van der Waals surface area contributed by atoms with Gasteiger partial charge in [0.15, 0.2) is 21.3 Å². The van der Waals surface area contributed by atoms with Gasteiger partial charge in [0.05, 0.1) is 10.5 Å². The van der Waals surface area contributed by atoms with Crippen LogP contribution in [0.5, 0.6) is 0 Å². The van der Waals surface area contributed by atoms with Crippen LogP contribution in [0.25, 0.3) is 11.4 Å². The Morgan fingerprint density at radius 2 is 1.76 bits per heavy atom. The number of halogens is 2. The van der Waals surface area contributed by atoms with Crippen LogP contribution in [0.15, 0.2) is 47.4 Å². The van der Waals surface area contributed by atoms with Crippen molar-refractivity contribution >= 4 is 27.2 Å². The van der Waals surface area contributed by atoms with Gasteiger partial charge in [-0.05, 0) is 36.4 Å². The zero-order chi connectivity index (χ0) is 20.8. The Labute approximate surface area is 165 Å². The Morgan fingerprint density at radius 3 is 2.38 bits per heavy atom. The molecular weight excluding hydrogens is 402 g/mol. The van der Waals surface area contributed by atoms with Crippen LogP contribution >= 0.6 is 0 Å². The Morgan fingerprint density at radius 1 is 1.10 bits per heavy atom. The fourth-order valence-corrected chi connectivity index (χ4v) is 3.81. The van der Waals surface area contributed by atoms with E-state index < -0.39 is 27.4 Å². The fourth-order valence-electron chi connectivity index (χ4n) is 3.18. The summed E-state index contributed by atoms with van der Waals surface area (Å²) in [4.78, 5) is 16.9. The molecule has 0 radical (unpaired) electrons. The summed E-state index contributed by atoms with van der Waals surface area (Å²) in [5.41, 5.74) is 0.294. The zero-order valence-corrected chi connectivity index (χ0v) is 16.1. The standard InChI is InChI=1S/C19H16F2N4O3S/c1-29(27,28)12-7-5-11(6-8-12)23-17-16-19(26)22-9-10-25(16)18(24-17)15-13(20)3-2-4-14(15)21/h2-8,23H,9-10H2,1H3,(H,22,26). The molecule has 10 heteroatoms. The van der Waals surface area contributed by atoms with Crippen molar-refractivity contribution in [3.05, 3.63) is 59.8 Å². The van der Waals surface area contributed by atoms with Gasteiger partial charge in [0.1, 0.15) is 17.5 Å². The van der Waals surface area contributed by atoms with Gasteiger partial charge >= 0.3 is 0 Å². The highest BCUT2D eigenvalue weighted by molar-refractivity contribution is 7.90. The van der Waals surface area contributed by atoms with Crippen molar-refractivity contribution < 1.29 is 22.0 Å². The van der Waals surface area contributed by atoms with E-state index in [1.807, 2.05) is 0 Å². The number of rotatable bonds is 4. The van der Waals surface area contributed by atoms with E-state index >= 15 is 0 Å². The number of anilines is 2. The molecule has 3 aromatic rings. The molecule has 4 rings (SSSR count). The molecule has 1 amide bonds. The van der Waals surface area contributed by atoms with Crippen LogP contribution in [0, 0.1) is 11.6 Å². The highest BCUT2D eigenvalue weighted by Crippen LogP contribution is 2.32. The van der Waals surface area contributed by atoms with Crippen LogP contribution in [0.3, 0.4) is 0 Å². The molecule has 0 saturated heterocycles. The van der Waals surface area contributed by atoms with Crippen LogP contribution in [0.2, 0.25) is 0 Å². The molecule has 2 heterocycles. The van der Waals surface area contributed by atoms with E-state index in [2.05, 4.69) is 15.6 Å². The lowest BCUT2D eigenvalue weighted by molar-refractivity contribution is 0.0929. The number of hydrogen-bond acceptors (Lipinski definition) is 5. The third kappa shape index (κ3) is 3.46. The molecular formula is C19H16F2N4O3S. The molecule has 0 fully saturated rings. The van der Waals surface area contributed by atoms with Gasteiger partial charge in [-0.1, -0.05) is 6.07 Å². The summed E-state index contributed by atoms with van der Waals surface area (Å²) < 4.78 is 53.3. The van der Waals surface area contributed by atoms with Crippen molar-refractivity contribution in [3.8, 4) is 11.4 Å². The van der Waals surface area contributed by atoms with E-state index in [0.717, 1.165) is 18.4 Å². The average molecular weight is 418 g/mol. The minimum atomic E-state index is -3.35. The van der Waals surface area contributed by atoms with Gasteiger partial charge < -0.3 is 15.2 Å². The zero-order valence-electron chi connectivity index (χ0n) is 15.2. The first-order valence-electron chi connectivity index (χ1n) is 8.66. The largest absolute Gasteiger partial charge is 0.349 e. The van der Waals surface area contributed by atoms with Crippen LogP contribution in [0.1, 0.15) is 10.5 Å². The maximum atomic E-state index is 14.3. The molecule has 1 aromatic heterocycles. The third-order valence-electron chi connectivity index (χ3n) is 4.54. The molecule has 29 heavy (non-hydrogen) atoms. The first kappa shape index (κ1) is 19.1. The smallest absolute Gasteiger partial charge is 0.271 e. The molecule has 7 nitrogen and oxygen atoms in total. The number of sulfone groups is 1. The van der Waals surface area contributed by atoms with Crippen molar-refractivity contribution in [2.45, 2.75) is 11.4 Å². The summed E-state index contributed by atoms with van der Waals surface area (Å²) in [7, 11) is -3.35. The number of fused-ring (bicyclic) bond motifs is 1. The molecule has 1 aliphatic rings. The summed E-state index contributed by atoms with van der Waals surface area (Å²) in [6, 6.07) is 9.37. The summed E-state index contributed by atoms with van der Waals surface area (Å²) >= 11 is 0. The highest BCUT2D eigenvalue weighted by Gasteiger charge is 2.29. The van der Waals surface area contributed by atoms with Gasteiger partial charge in [0.2, 0.25) is 0 Å². The van der Waals surface area contributed by atoms with Gasteiger partial charge in [-0.15, -0.1) is 0 Å². The predicted molar refractivity (Wildman–Crippen MR) is 103 cm³/mol. The second-order valence-corrected chi connectivity index (χ2v) is 8.57. The van der Waals surface area contributed by atoms with E-state index in [1.165, 1.54) is 34.9 Å². The fraction of sp³-hybridized carbons (Fsp3) is 0.158. The highest BCUT2D eigenvalue weighted by atomic mass is 32.2. The topological polar surface area (TPSA) is 93.1 Å². The summed E-state index contributed by atoms with van der Waals surface area (Å²) in [6.07, 6.45) is 1.10. The minimum absolute atomic E-state index is 0.000654. The molecule has 150 valence electrons. The quantitative estimate of drug-likeness (QED) is 0.680. The number of carbonyl (C=O) groups is 1. The lowest BCUT2D eigenvalue weighted by Gasteiger charge is -2.18. The second-order valence-electron chi connectivity index (χ2n) is 6.56. The van der Waals surface area contributed by atoms with Crippen LogP contribution in [-0.4, -0.2) is 36.7 Å². The number of nitrogens with one attached hydrogen (secondary N) is 2. The molecule has 2 N–H and O–H groups in total. The molecule has 0 unspecified atom stereocenters.